The zero-order chi connectivity index (χ0) is 37.4. The van der Waals surface area contributed by atoms with E-state index in [9.17, 15) is 0 Å². The van der Waals surface area contributed by atoms with Crippen LogP contribution in [-0.4, -0.2) is 0 Å². The molecule has 0 spiro atoms. The maximum absolute atomic E-state index is 2.43. The van der Waals surface area contributed by atoms with Crippen molar-refractivity contribution in [3.8, 4) is 33.4 Å². The van der Waals surface area contributed by atoms with Crippen LogP contribution in [0.2, 0.25) is 0 Å². The molecule has 0 bridgehead atoms. The van der Waals surface area contributed by atoms with Gasteiger partial charge in [-0.15, -0.1) is 0 Å². The van der Waals surface area contributed by atoms with Gasteiger partial charge >= 0.3 is 0 Å². The summed E-state index contributed by atoms with van der Waals surface area (Å²) in [4.78, 5) is 2.43. The lowest BCUT2D eigenvalue weighted by Gasteiger charge is -2.28. The first kappa shape index (κ1) is 32.5. The average Bonchev–Trinajstić information content (AvgIpc) is 3.48. The number of nitrogens with zero attached hydrogens (tertiary/aromatic N) is 1. The van der Waals surface area contributed by atoms with Crippen molar-refractivity contribution in [2.24, 2.45) is 0 Å². The quantitative estimate of drug-likeness (QED) is 0.161. The number of fused-ring (bicyclic) bond motifs is 9. The number of benzene rings is 10. The third-order valence-corrected chi connectivity index (χ3v) is 12.2. The van der Waals surface area contributed by atoms with Crippen LogP contribution in [0.4, 0.5) is 17.1 Å². The second kappa shape index (κ2) is 12.5. The molecular formula is C55H39N. The predicted octanol–water partition coefficient (Wildman–Crippen LogP) is 15.4. The van der Waals surface area contributed by atoms with Crippen LogP contribution >= 0.6 is 0 Å². The van der Waals surface area contributed by atoms with E-state index in [-0.39, 0.29) is 5.41 Å². The fourth-order valence-electron chi connectivity index (χ4n) is 9.46. The molecule has 1 nitrogen and oxygen atoms in total. The molecule has 11 rings (SSSR count). The van der Waals surface area contributed by atoms with Gasteiger partial charge in [0.15, 0.2) is 0 Å². The highest BCUT2D eigenvalue weighted by molar-refractivity contribution is 6.21. The van der Waals surface area contributed by atoms with Crippen molar-refractivity contribution < 1.29 is 0 Å². The van der Waals surface area contributed by atoms with Crippen molar-refractivity contribution in [1.82, 2.24) is 0 Å². The maximum atomic E-state index is 2.43. The van der Waals surface area contributed by atoms with Gasteiger partial charge in [0.1, 0.15) is 0 Å². The molecule has 1 aliphatic carbocycles. The minimum atomic E-state index is -0.108. The fraction of sp³-hybridized carbons (Fsp3) is 0.0545. The van der Waals surface area contributed by atoms with E-state index in [1.165, 1.54) is 87.6 Å². The summed E-state index contributed by atoms with van der Waals surface area (Å²) < 4.78 is 0. The van der Waals surface area contributed by atoms with Gasteiger partial charge in [-0.05, 0) is 130 Å². The van der Waals surface area contributed by atoms with Crippen LogP contribution in [0.15, 0.2) is 200 Å². The molecule has 10 aromatic rings. The fourth-order valence-corrected chi connectivity index (χ4v) is 9.46. The van der Waals surface area contributed by atoms with Gasteiger partial charge in [0.25, 0.3) is 0 Å². The molecule has 0 unspecified atom stereocenters. The highest BCUT2D eigenvalue weighted by Crippen LogP contribution is 2.51. The summed E-state index contributed by atoms with van der Waals surface area (Å²) in [5.74, 6) is 0. The number of hydrogen-bond donors (Lipinski definition) is 0. The molecule has 0 atom stereocenters. The highest BCUT2D eigenvalue weighted by atomic mass is 15.1. The lowest BCUT2D eigenvalue weighted by atomic mass is 9.82. The van der Waals surface area contributed by atoms with Crippen molar-refractivity contribution in [2.75, 3.05) is 4.90 Å². The van der Waals surface area contributed by atoms with E-state index >= 15 is 0 Å². The van der Waals surface area contributed by atoms with Crippen molar-refractivity contribution >= 4 is 60.2 Å². The lowest BCUT2D eigenvalue weighted by molar-refractivity contribution is 0.660. The first-order valence-corrected chi connectivity index (χ1v) is 19.6. The van der Waals surface area contributed by atoms with E-state index in [0.29, 0.717) is 0 Å². The van der Waals surface area contributed by atoms with Crippen LogP contribution in [0.3, 0.4) is 0 Å². The Morgan fingerprint density at radius 3 is 1.73 bits per heavy atom. The van der Waals surface area contributed by atoms with E-state index in [0.717, 1.165) is 17.1 Å². The van der Waals surface area contributed by atoms with Crippen molar-refractivity contribution in [2.45, 2.75) is 19.3 Å². The SMILES string of the molecule is CC1(C)c2ccccc2-c2ccc(N(c3ccc(-c4cc5c6ccccc6ccc5c5ccccc45)cc3)c3cccc(-c4cccc5ccccc45)c3)cc21. The molecular weight excluding hydrogens is 675 g/mol. The van der Waals surface area contributed by atoms with E-state index in [4.69, 9.17) is 0 Å². The van der Waals surface area contributed by atoms with Gasteiger partial charge in [0, 0.05) is 22.5 Å². The second-order valence-electron chi connectivity index (χ2n) is 15.7. The number of rotatable bonds is 5. The standard InChI is InChI=1S/C55H39N/c1-55(2)53-24-10-9-22-49(53)50-32-30-42(34-54(50)55)56(41-17-11-16-39(33-41)45-23-12-15-36-13-3-5-18-43(36)45)40-28-25-38(26-29-40)51-35-52-44-19-6-4-14-37(44)27-31-48(52)46-20-7-8-21-47(46)51/h3-35H,1-2H3. The molecule has 56 heavy (non-hydrogen) atoms. The average molecular weight is 714 g/mol. The summed E-state index contributed by atoms with van der Waals surface area (Å²) >= 11 is 0. The molecule has 1 heteroatoms. The maximum Gasteiger partial charge on any atom is 0.0467 e. The Balaban J connectivity index is 1.09. The molecule has 0 N–H and O–H groups in total. The van der Waals surface area contributed by atoms with Gasteiger partial charge in [0.05, 0.1) is 0 Å². The van der Waals surface area contributed by atoms with Gasteiger partial charge in [-0.3, -0.25) is 0 Å². The van der Waals surface area contributed by atoms with Gasteiger partial charge in [-0.2, -0.15) is 0 Å². The topological polar surface area (TPSA) is 3.24 Å². The van der Waals surface area contributed by atoms with Gasteiger partial charge in [-0.25, -0.2) is 0 Å². The van der Waals surface area contributed by atoms with Crippen LogP contribution in [-0.2, 0) is 5.41 Å². The summed E-state index contributed by atoms with van der Waals surface area (Å²) in [6.07, 6.45) is 0. The summed E-state index contributed by atoms with van der Waals surface area (Å²) in [7, 11) is 0. The third-order valence-electron chi connectivity index (χ3n) is 12.2. The first-order chi connectivity index (χ1) is 27.5. The van der Waals surface area contributed by atoms with E-state index in [1.54, 1.807) is 0 Å². The van der Waals surface area contributed by atoms with Crippen LogP contribution in [0.1, 0.15) is 25.0 Å². The minimum Gasteiger partial charge on any atom is -0.310 e. The molecule has 0 radical (unpaired) electrons. The molecule has 1 aliphatic rings. The van der Waals surface area contributed by atoms with Crippen molar-refractivity contribution in [3.05, 3.63) is 211 Å². The number of anilines is 3. The summed E-state index contributed by atoms with van der Waals surface area (Å²) in [5, 5.41) is 10.2. The van der Waals surface area contributed by atoms with Crippen LogP contribution < -0.4 is 4.90 Å². The van der Waals surface area contributed by atoms with Crippen LogP contribution in [0.5, 0.6) is 0 Å². The Labute approximate surface area is 327 Å². The van der Waals surface area contributed by atoms with Gasteiger partial charge in [-0.1, -0.05) is 172 Å². The largest absolute Gasteiger partial charge is 0.310 e. The van der Waals surface area contributed by atoms with E-state index in [1.807, 2.05) is 0 Å². The summed E-state index contributed by atoms with van der Waals surface area (Å²) in [6, 6.07) is 74.0. The third kappa shape index (κ3) is 5.01. The zero-order valence-electron chi connectivity index (χ0n) is 31.5. The van der Waals surface area contributed by atoms with Crippen LogP contribution in [0.25, 0.3) is 76.5 Å². The molecule has 0 saturated heterocycles. The second-order valence-corrected chi connectivity index (χ2v) is 15.7. The Bertz CT molecular complexity index is 3160. The monoisotopic (exact) mass is 713 g/mol. The number of hydrogen-bond acceptors (Lipinski definition) is 1. The van der Waals surface area contributed by atoms with Gasteiger partial charge < -0.3 is 4.90 Å². The lowest BCUT2D eigenvalue weighted by Crippen LogP contribution is -2.16. The molecule has 0 saturated carbocycles. The first-order valence-electron chi connectivity index (χ1n) is 19.6. The van der Waals surface area contributed by atoms with Crippen LogP contribution in [0, 0.1) is 0 Å². The molecule has 0 aromatic heterocycles. The molecule has 10 aromatic carbocycles. The molecule has 0 aliphatic heterocycles. The normalized spacial score (nSPS) is 13.0. The van der Waals surface area contributed by atoms with Crippen molar-refractivity contribution in [1.29, 1.82) is 0 Å². The Hall–Kier alpha value is -6.96. The molecule has 264 valence electrons. The van der Waals surface area contributed by atoms with Crippen molar-refractivity contribution in [3.63, 3.8) is 0 Å². The molecule has 0 amide bonds. The predicted molar refractivity (Wildman–Crippen MR) is 240 cm³/mol. The summed E-state index contributed by atoms with van der Waals surface area (Å²) in [5.41, 5.74) is 13.6. The van der Waals surface area contributed by atoms with E-state index < -0.39 is 0 Å². The van der Waals surface area contributed by atoms with Gasteiger partial charge in [0.2, 0.25) is 0 Å². The molecule has 0 fully saturated rings. The Morgan fingerprint density at radius 1 is 0.304 bits per heavy atom. The minimum absolute atomic E-state index is 0.108. The smallest absolute Gasteiger partial charge is 0.0467 e. The zero-order valence-corrected chi connectivity index (χ0v) is 31.5. The Morgan fingerprint density at radius 2 is 0.893 bits per heavy atom. The van der Waals surface area contributed by atoms with E-state index in [2.05, 4.69) is 219 Å². The summed E-state index contributed by atoms with van der Waals surface area (Å²) in [6.45, 7) is 4.72. The molecule has 0 heterocycles. The highest BCUT2D eigenvalue weighted by Gasteiger charge is 2.35. The Kier molecular flexibility index (Phi) is 7.28.